The molecule has 0 aliphatic rings. The molecule has 0 saturated heterocycles. The molecule has 12 heavy (non-hydrogen) atoms. The number of ether oxygens (including phenoxy) is 1. The van der Waals surface area contributed by atoms with Gasteiger partial charge in [0.25, 0.3) is 0 Å². The van der Waals surface area contributed by atoms with Crippen LogP contribution in [0, 0.1) is 5.82 Å². The Morgan fingerprint density at radius 2 is 2.33 bits per heavy atom. The van der Waals surface area contributed by atoms with Gasteiger partial charge in [-0.15, -0.1) is 0 Å². The molecule has 0 heterocycles. The molecule has 1 aromatic carbocycles. The second kappa shape index (κ2) is 4.12. The van der Waals surface area contributed by atoms with Crippen LogP contribution in [-0.4, -0.2) is 6.61 Å². The summed E-state index contributed by atoms with van der Waals surface area (Å²) in [5, 5.41) is 0.275. The van der Waals surface area contributed by atoms with E-state index in [4.69, 9.17) is 16.3 Å². The van der Waals surface area contributed by atoms with Crippen LogP contribution in [0.15, 0.2) is 30.9 Å². The van der Waals surface area contributed by atoms with Crippen molar-refractivity contribution >= 4 is 11.6 Å². The van der Waals surface area contributed by atoms with Gasteiger partial charge in [-0.05, 0) is 12.1 Å². The predicted molar refractivity (Wildman–Crippen MR) is 47.1 cm³/mol. The molecule has 0 aliphatic carbocycles. The van der Waals surface area contributed by atoms with Gasteiger partial charge in [0.05, 0.1) is 5.02 Å². The van der Waals surface area contributed by atoms with Crippen LogP contribution in [0.25, 0.3) is 0 Å². The Bertz CT molecular complexity index is 266. The third-order valence-corrected chi connectivity index (χ3v) is 1.56. The molecule has 0 aliphatic heterocycles. The van der Waals surface area contributed by atoms with E-state index in [-0.39, 0.29) is 17.4 Å². The van der Waals surface area contributed by atoms with Gasteiger partial charge in [-0.3, -0.25) is 0 Å². The molecule has 0 unspecified atom stereocenters. The summed E-state index contributed by atoms with van der Waals surface area (Å²) in [5.41, 5.74) is 0. The quantitative estimate of drug-likeness (QED) is 0.660. The topological polar surface area (TPSA) is 9.23 Å². The zero-order valence-corrected chi connectivity index (χ0v) is 7.14. The summed E-state index contributed by atoms with van der Waals surface area (Å²) in [6.07, 6.45) is 1.53. The maximum atomic E-state index is 12.9. The van der Waals surface area contributed by atoms with Gasteiger partial charge in [0, 0.05) is 0 Å². The summed E-state index contributed by atoms with van der Waals surface area (Å²) >= 11 is 5.67. The molecule has 0 saturated carbocycles. The molecule has 64 valence electrons. The molecule has 1 aromatic rings. The first-order chi connectivity index (χ1) is 5.75. The molecule has 0 spiro atoms. The number of rotatable bonds is 3. The van der Waals surface area contributed by atoms with Crippen LogP contribution in [0.5, 0.6) is 5.75 Å². The SMILES string of the molecule is C=CCOc1c(F)cccc1Cl. The van der Waals surface area contributed by atoms with Gasteiger partial charge in [0.2, 0.25) is 0 Å². The molecule has 0 radical (unpaired) electrons. The first-order valence-electron chi connectivity index (χ1n) is 3.43. The van der Waals surface area contributed by atoms with Crippen LogP contribution < -0.4 is 4.74 Å². The molecule has 0 bridgehead atoms. The Balaban J connectivity index is 2.88. The van der Waals surface area contributed by atoms with Gasteiger partial charge < -0.3 is 4.74 Å². The van der Waals surface area contributed by atoms with Crippen LogP contribution >= 0.6 is 11.6 Å². The first-order valence-corrected chi connectivity index (χ1v) is 3.81. The van der Waals surface area contributed by atoms with Crippen LogP contribution in [-0.2, 0) is 0 Å². The van der Waals surface area contributed by atoms with Crippen molar-refractivity contribution < 1.29 is 9.13 Å². The Morgan fingerprint density at radius 1 is 1.58 bits per heavy atom. The number of halogens is 2. The lowest BCUT2D eigenvalue weighted by Crippen LogP contribution is -1.95. The van der Waals surface area contributed by atoms with E-state index in [1.807, 2.05) is 0 Å². The van der Waals surface area contributed by atoms with Crippen molar-refractivity contribution in [1.82, 2.24) is 0 Å². The molecule has 0 fully saturated rings. The summed E-state index contributed by atoms with van der Waals surface area (Å²) in [5.74, 6) is -0.372. The average molecular weight is 187 g/mol. The van der Waals surface area contributed by atoms with E-state index in [0.29, 0.717) is 0 Å². The second-order valence-corrected chi connectivity index (χ2v) is 2.56. The van der Waals surface area contributed by atoms with Crippen LogP contribution in [0.1, 0.15) is 0 Å². The lowest BCUT2D eigenvalue weighted by molar-refractivity contribution is 0.342. The second-order valence-electron chi connectivity index (χ2n) is 2.15. The van der Waals surface area contributed by atoms with E-state index in [2.05, 4.69) is 6.58 Å². The van der Waals surface area contributed by atoms with Gasteiger partial charge in [-0.1, -0.05) is 30.3 Å². The van der Waals surface area contributed by atoms with E-state index in [0.717, 1.165) is 0 Å². The van der Waals surface area contributed by atoms with Gasteiger partial charge in [-0.25, -0.2) is 4.39 Å². The number of benzene rings is 1. The molecular weight excluding hydrogens is 179 g/mol. The van der Waals surface area contributed by atoms with Crippen molar-refractivity contribution in [1.29, 1.82) is 0 Å². The highest BCUT2D eigenvalue weighted by atomic mass is 35.5. The number of para-hydroxylation sites is 1. The molecule has 0 N–H and O–H groups in total. The van der Waals surface area contributed by atoms with E-state index < -0.39 is 5.82 Å². The van der Waals surface area contributed by atoms with Crippen molar-refractivity contribution in [2.75, 3.05) is 6.61 Å². The summed E-state index contributed by atoms with van der Waals surface area (Å²) in [6.45, 7) is 3.70. The smallest absolute Gasteiger partial charge is 0.173 e. The van der Waals surface area contributed by atoms with E-state index >= 15 is 0 Å². The fourth-order valence-corrected chi connectivity index (χ4v) is 0.980. The predicted octanol–water partition coefficient (Wildman–Crippen LogP) is 3.04. The van der Waals surface area contributed by atoms with Crippen molar-refractivity contribution in [3.05, 3.63) is 41.7 Å². The van der Waals surface area contributed by atoms with Gasteiger partial charge in [0.1, 0.15) is 6.61 Å². The number of hydrogen-bond donors (Lipinski definition) is 0. The fraction of sp³-hybridized carbons (Fsp3) is 0.111. The Hall–Kier alpha value is -1.02. The van der Waals surface area contributed by atoms with Crippen molar-refractivity contribution in [2.24, 2.45) is 0 Å². The summed E-state index contributed by atoms with van der Waals surface area (Å²) in [7, 11) is 0. The Morgan fingerprint density at radius 3 is 2.92 bits per heavy atom. The maximum absolute atomic E-state index is 12.9. The summed E-state index contributed by atoms with van der Waals surface area (Å²) in [6, 6.07) is 4.39. The maximum Gasteiger partial charge on any atom is 0.173 e. The van der Waals surface area contributed by atoms with E-state index in [1.165, 1.54) is 18.2 Å². The van der Waals surface area contributed by atoms with Crippen LogP contribution in [0.3, 0.4) is 0 Å². The molecule has 1 rings (SSSR count). The molecule has 0 aromatic heterocycles. The average Bonchev–Trinajstić information content (AvgIpc) is 2.04. The molecule has 0 amide bonds. The largest absolute Gasteiger partial charge is 0.485 e. The Labute approximate surface area is 75.4 Å². The van der Waals surface area contributed by atoms with Crippen LogP contribution in [0.4, 0.5) is 4.39 Å². The third kappa shape index (κ3) is 1.98. The van der Waals surface area contributed by atoms with E-state index in [9.17, 15) is 4.39 Å². The van der Waals surface area contributed by atoms with Crippen molar-refractivity contribution in [3.63, 3.8) is 0 Å². The van der Waals surface area contributed by atoms with Crippen molar-refractivity contribution in [3.8, 4) is 5.75 Å². The highest BCUT2D eigenvalue weighted by molar-refractivity contribution is 6.32. The molecule has 3 heteroatoms. The minimum atomic E-state index is -0.454. The molecular formula is C9H8ClFO. The third-order valence-electron chi connectivity index (χ3n) is 1.26. The minimum Gasteiger partial charge on any atom is -0.485 e. The molecule has 0 atom stereocenters. The minimum absolute atomic E-state index is 0.0825. The van der Waals surface area contributed by atoms with Gasteiger partial charge in [-0.2, -0.15) is 0 Å². The normalized spacial score (nSPS) is 9.50. The summed E-state index contributed by atoms with van der Waals surface area (Å²) < 4.78 is 17.9. The Kier molecular flexibility index (Phi) is 3.11. The summed E-state index contributed by atoms with van der Waals surface area (Å²) in [4.78, 5) is 0. The molecule has 1 nitrogen and oxygen atoms in total. The monoisotopic (exact) mass is 186 g/mol. The van der Waals surface area contributed by atoms with Crippen molar-refractivity contribution in [2.45, 2.75) is 0 Å². The lowest BCUT2D eigenvalue weighted by atomic mass is 10.3. The number of hydrogen-bond acceptors (Lipinski definition) is 1. The highest BCUT2D eigenvalue weighted by Gasteiger charge is 2.06. The first kappa shape index (κ1) is 9.07. The zero-order chi connectivity index (χ0) is 8.97. The standard InChI is InChI=1S/C9H8ClFO/c1-2-6-12-9-7(10)4-3-5-8(9)11/h2-5H,1,6H2. The van der Waals surface area contributed by atoms with Crippen LogP contribution in [0.2, 0.25) is 5.02 Å². The van der Waals surface area contributed by atoms with Gasteiger partial charge >= 0.3 is 0 Å². The van der Waals surface area contributed by atoms with E-state index in [1.54, 1.807) is 6.07 Å². The highest BCUT2D eigenvalue weighted by Crippen LogP contribution is 2.26. The zero-order valence-electron chi connectivity index (χ0n) is 6.39. The van der Waals surface area contributed by atoms with Gasteiger partial charge in [0.15, 0.2) is 11.6 Å². The fourth-order valence-electron chi connectivity index (χ4n) is 0.763. The lowest BCUT2D eigenvalue weighted by Gasteiger charge is -2.05.